The van der Waals surface area contributed by atoms with Crippen LogP contribution in [0.25, 0.3) is 22.5 Å². The Hall–Kier alpha value is -4.19. The van der Waals surface area contributed by atoms with Crippen LogP contribution in [0, 0.1) is 0 Å². The number of piperazine rings is 2. The number of anilines is 2. The van der Waals surface area contributed by atoms with Crippen molar-refractivity contribution in [2.24, 2.45) is 0 Å². The molecule has 3 N–H and O–H groups in total. The zero-order valence-electron chi connectivity index (χ0n) is 38.9. The summed E-state index contributed by atoms with van der Waals surface area (Å²) >= 11 is 0. The summed E-state index contributed by atoms with van der Waals surface area (Å²) in [7, 11) is 0. The Morgan fingerprint density at radius 2 is 1.03 bits per heavy atom. The molecule has 2 aromatic carbocycles. The predicted octanol–water partition coefficient (Wildman–Crippen LogP) is 8.60. The van der Waals surface area contributed by atoms with Crippen molar-refractivity contribution in [3.63, 3.8) is 0 Å². The van der Waals surface area contributed by atoms with Crippen LogP contribution < -0.4 is 9.80 Å². The molecule has 8 rings (SSSR count). The molecule has 340 valence electrons. The Bertz CT molecular complexity index is 2140. The molecule has 2 aliphatic carbocycles. The number of aliphatic hydroxyl groups is 3. The molecule has 0 bridgehead atoms. The third-order valence-corrected chi connectivity index (χ3v) is 14.3. The van der Waals surface area contributed by atoms with Crippen molar-refractivity contribution in [3.05, 3.63) is 95.1 Å². The van der Waals surface area contributed by atoms with Crippen molar-refractivity contribution in [2.45, 2.75) is 115 Å². The molecule has 0 amide bonds. The average molecular weight is 859 g/mol. The topological polar surface area (TPSA) is 116 Å². The Morgan fingerprint density at radius 1 is 0.540 bits per heavy atom. The van der Waals surface area contributed by atoms with Crippen LogP contribution in [0.2, 0.25) is 0 Å². The van der Waals surface area contributed by atoms with Crippen LogP contribution in [0.5, 0.6) is 0 Å². The summed E-state index contributed by atoms with van der Waals surface area (Å²) in [6.45, 7) is 21.9. The van der Waals surface area contributed by atoms with E-state index in [9.17, 15) is 9.90 Å². The van der Waals surface area contributed by atoms with Crippen molar-refractivity contribution in [3.8, 4) is 22.5 Å². The quantitative estimate of drug-likeness (QED) is 0.107. The molecule has 0 spiro atoms. The molecule has 2 saturated heterocycles. The molecule has 4 heterocycles. The van der Waals surface area contributed by atoms with Gasteiger partial charge in [0.2, 0.25) is 0 Å². The first-order valence-electron chi connectivity index (χ1n) is 23.9. The number of fused-ring (bicyclic) bond motifs is 2. The number of hydrogen-bond acceptors (Lipinski definition) is 10. The lowest BCUT2D eigenvalue weighted by Gasteiger charge is -2.40. The van der Waals surface area contributed by atoms with Crippen LogP contribution in [0.4, 0.5) is 11.6 Å². The number of aliphatic hydroxyl groups excluding tert-OH is 2. The number of carbonyl (C=O) groups is 1. The lowest BCUT2D eigenvalue weighted by molar-refractivity contribution is 0.0278. The minimum absolute atomic E-state index is 0.0504. The molecule has 4 aliphatic rings. The third-order valence-electron chi connectivity index (χ3n) is 14.3. The second-order valence-corrected chi connectivity index (χ2v) is 20.0. The number of unbranched alkanes of at least 4 members (excludes halogenated alkanes) is 4. The van der Waals surface area contributed by atoms with Gasteiger partial charge in [-0.3, -0.25) is 14.6 Å². The van der Waals surface area contributed by atoms with Gasteiger partial charge < -0.3 is 25.1 Å². The number of nitrogens with zero attached hydrogens (tertiary/aromatic N) is 6. The molecule has 2 fully saturated rings. The third kappa shape index (κ3) is 11.6. The van der Waals surface area contributed by atoms with Gasteiger partial charge in [-0.25, -0.2) is 9.97 Å². The summed E-state index contributed by atoms with van der Waals surface area (Å²) in [6.07, 6.45) is 9.65. The van der Waals surface area contributed by atoms with Gasteiger partial charge in [0, 0.05) is 88.7 Å². The van der Waals surface area contributed by atoms with Crippen LogP contribution in [-0.2, 0) is 16.4 Å². The first-order chi connectivity index (χ1) is 30.3. The number of ketones is 1. The van der Waals surface area contributed by atoms with Crippen molar-refractivity contribution in [1.29, 1.82) is 0 Å². The van der Waals surface area contributed by atoms with Gasteiger partial charge in [-0.05, 0) is 142 Å². The van der Waals surface area contributed by atoms with Gasteiger partial charge in [0.25, 0.3) is 0 Å². The zero-order valence-corrected chi connectivity index (χ0v) is 38.9. The Labute approximate surface area is 377 Å². The number of carbonyl (C=O) groups excluding carboxylic acids is 1. The molecule has 1 atom stereocenters. The van der Waals surface area contributed by atoms with Crippen molar-refractivity contribution in [2.75, 3.05) is 88.5 Å². The molecule has 2 aliphatic heterocycles. The van der Waals surface area contributed by atoms with Crippen LogP contribution in [-0.4, -0.2) is 120 Å². The SMILES string of the molecule is CC1(C)CCC(=O)c2cc(-c3cccc(N4CCN(CCCCCO)CC4)n3)ccc21.CC1(C)CCC(C)(O)c2cc(-c3cccc(N4CCN(CCCCCO)CC4)n3)ccc21. The minimum Gasteiger partial charge on any atom is -0.396 e. The Kier molecular flexibility index (Phi) is 15.4. The molecule has 4 aromatic rings. The number of benzene rings is 2. The zero-order chi connectivity index (χ0) is 44.6. The van der Waals surface area contributed by atoms with Crippen LogP contribution in [0.15, 0.2) is 72.8 Å². The molecular weight excluding hydrogens is 785 g/mol. The van der Waals surface area contributed by atoms with E-state index < -0.39 is 5.60 Å². The summed E-state index contributed by atoms with van der Waals surface area (Å²) in [5, 5.41) is 28.9. The lowest BCUT2D eigenvalue weighted by atomic mass is 9.67. The van der Waals surface area contributed by atoms with Gasteiger partial charge in [0.05, 0.1) is 17.0 Å². The van der Waals surface area contributed by atoms with E-state index in [1.807, 2.05) is 13.0 Å². The van der Waals surface area contributed by atoms with Crippen molar-refractivity contribution in [1.82, 2.24) is 19.8 Å². The predicted molar refractivity (Wildman–Crippen MR) is 257 cm³/mol. The first-order valence-corrected chi connectivity index (χ1v) is 23.9. The molecule has 0 radical (unpaired) electrons. The van der Waals surface area contributed by atoms with E-state index in [2.05, 4.69) is 114 Å². The van der Waals surface area contributed by atoms with E-state index in [1.165, 1.54) is 11.1 Å². The number of hydrogen-bond donors (Lipinski definition) is 3. The molecule has 10 heteroatoms. The second-order valence-electron chi connectivity index (χ2n) is 20.0. The summed E-state index contributed by atoms with van der Waals surface area (Å²) in [4.78, 5) is 32.3. The maximum absolute atomic E-state index is 12.6. The highest BCUT2D eigenvalue weighted by Crippen LogP contribution is 2.46. The standard InChI is InChI=1S/C27H39N3O2.C26H35N3O2/c1-26(2)12-13-27(3,32)23-20-21(10-11-22(23)26)24-8-7-9-25(28-24)30-17-15-29(16-18-30)14-5-4-6-19-31;1-26(2)12-11-24(31)21-19-20(9-10-22(21)26)23-7-6-8-25(27-23)29-16-14-28(15-17-29)13-4-3-5-18-30/h7-11,20,31-32H,4-6,12-19H2,1-3H3;6-10,19,30H,3-5,11-18H2,1-2H3. The fourth-order valence-electron chi connectivity index (χ4n) is 9.95. The second kappa shape index (κ2) is 20.8. The number of Topliss-reactive ketones (excluding diaryl/α,β-unsaturated/α-hetero) is 1. The van der Waals surface area contributed by atoms with E-state index >= 15 is 0 Å². The van der Waals surface area contributed by atoms with E-state index in [0.717, 1.165) is 169 Å². The maximum Gasteiger partial charge on any atom is 0.163 e. The highest BCUT2D eigenvalue weighted by molar-refractivity contribution is 6.00. The van der Waals surface area contributed by atoms with Gasteiger partial charge in [-0.2, -0.15) is 0 Å². The van der Waals surface area contributed by atoms with Crippen LogP contribution in [0.3, 0.4) is 0 Å². The monoisotopic (exact) mass is 859 g/mol. The van der Waals surface area contributed by atoms with E-state index in [1.54, 1.807) is 0 Å². The fraction of sp³-hybridized carbons (Fsp3) is 0.566. The van der Waals surface area contributed by atoms with E-state index in [-0.39, 0.29) is 16.6 Å². The molecular formula is C53H74N6O4. The minimum atomic E-state index is -0.786. The highest BCUT2D eigenvalue weighted by atomic mass is 16.3. The lowest BCUT2D eigenvalue weighted by Crippen LogP contribution is -2.46. The Morgan fingerprint density at radius 3 is 1.56 bits per heavy atom. The maximum atomic E-state index is 12.6. The van der Waals surface area contributed by atoms with E-state index in [4.69, 9.17) is 20.2 Å². The number of aromatic nitrogens is 2. The largest absolute Gasteiger partial charge is 0.396 e. The number of pyridine rings is 2. The van der Waals surface area contributed by atoms with Crippen molar-refractivity contribution < 1.29 is 20.1 Å². The number of rotatable bonds is 14. The normalized spacial score (nSPS) is 21.0. The summed E-state index contributed by atoms with van der Waals surface area (Å²) < 4.78 is 0. The van der Waals surface area contributed by atoms with Gasteiger partial charge in [0.15, 0.2) is 5.78 Å². The Balaban J connectivity index is 0.000000189. The van der Waals surface area contributed by atoms with Crippen molar-refractivity contribution >= 4 is 17.4 Å². The fourth-order valence-corrected chi connectivity index (χ4v) is 9.95. The molecule has 2 aromatic heterocycles. The average Bonchev–Trinajstić information content (AvgIpc) is 3.30. The van der Waals surface area contributed by atoms with E-state index in [0.29, 0.717) is 19.6 Å². The van der Waals surface area contributed by atoms with Gasteiger partial charge in [-0.15, -0.1) is 0 Å². The summed E-state index contributed by atoms with van der Waals surface area (Å²) in [6, 6.07) is 25.3. The molecule has 0 saturated carbocycles. The summed E-state index contributed by atoms with van der Waals surface area (Å²) in [5.41, 5.74) is 7.69. The molecule has 63 heavy (non-hydrogen) atoms. The van der Waals surface area contributed by atoms with Crippen LogP contribution in [0.1, 0.15) is 126 Å². The van der Waals surface area contributed by atoms with Gasteiger partial charge in [-0.1, -0.05) is 64.1 Å². The van der Waals surface area contributed by atoms with Gasteiger partial charge in [0.1, 0.15) is 11.6 Å². The molecule has 10 nitrogen and oxygen atoms in total. The highest BCUT2D eigenvalue weighted by Gasteiger charge is 2.39. The van der Waals surface area contributed by atoms with Gasteiger partial charge >= 0.3 is 0 Å². The summed E-state index contributed by atoms with van der Waals surface area (Å²) in [5.74, 6) is 2.30. The smallest absolute Gasteiger partial charge is 0.163 e. The molecule has 1 unspecified atom stereocenters. The van der Waals surface area contributed by atoms with Crippen LogP contribution >= 0.6 is 0 Å². The first kappa shape index (κ1) is 46.8.